The van der Waals surface area contributed by atoms with Crippen LogP contribution in [0.4, 0.5) is 0 Å². The van der Waals surface area contributed by atoms with Crippen molar-refractivity contribution in [3.05, 3.63) is 77.4 Å². The minimum atomic E-state index is -3.75. The van der Waals surface area contributed by atoms with Gasteiger partial charge in [0.1, 0.15) is 0 Å². The highest BCUT2D eigenvalue weighted by Gasteiger charge is 2.28. The molecule has 1 aliphatic carbocycles. The highest BCUT2D eigenvalue weighted by molar-refractivity contribution is 7.89. The fourth-order valence-electron chi connectivity index (χ4n) is 3.12. The lowest BCUT2D eigenvalue weighted by Crippen LogP contribution is -2.32. The maximum absolute atomic E-state index is 12.9. The van der Waals surface area contributed by atoms with Crippen LogP contribution < -0.4 is 4.72 Å². The lowest BCUT2D eigenvalue weighted by Gasteiger charge is -2.21. The number of hydrogen-bond acceptors (Lipinski definition) is 3. The summed E-state index contributed by atoms with van der Waals surface area (Å²) in [6.45, 7) is 1.91. The summed E-state index contributed by atoms with van der Waals surface area (Å²) in [6.07, 6.45) is 4.93. The third-order valence-electron chi connectivity index (χ3n) is 4.59. The second kappa shape index (κ2) is 7.98. The van der Waals surface area contributed by atoms with Crippen molar-refractivity contribution in [1.82, 2.24) is 4.72 Å². The highest BCUT2D eigenvalue weighted by Crippen LogP contribution is 2.29. The first-order chi connectivity index (χ1) is 12.5. The minimum Gasteiger partial charge on any atom is -0.294 e. The van der Waals surface area contributed by atoms with E-state index >= 15 is 0 Å². The molecule has 0 aliphatic heterocycles. The van der Waals surface area contributed by atoms with Gasteiger partial charge in [-0.15, -0.1) is 0 Å². The Morgan fingerprint density at radius 1 is 0.962 bits per heavy atom. The molecule has 1 aliphatic rings. The topological polar surface area (TPSA) is 63.2 Å². The summed E-state index contributed by atoms with van der Waals surface area (Å²) in [5, 5.41) is 0. The Bertz CT molecular complexity index is 900. The zero-order valence-corrected chi connectivity index (χ0v) is 15.6. The molecule has 3 rings (SSSR count). The van der Waals surface area contributed by atoms with E-state index in [4.69, 9.17) is 0 Å². The standard InChI is InChI=1S/C21H23NO3S/c1-16-12-14-18(15-13-16)26(24,25)22-21(17-8-4-2-5-9-17)19-10-6-3-7-11-20(19)23/h2,4-5,8-10,12-15,21-22H,3,6-7,11H2,1H3. The molecule has 1 unspecified atom stereocenters. The van der Waals surface area contributed by atoms with Gasteiger partial charge >= 0.3 is 0 Å². The molecule has 0 spiro atoms. The first kappa shape index (κ1) is 18.5. The van der Waals surface area contributed by atoms with Crippen LogP contribution in [0.3, 0.4) is 0 Å². The lowest BCUT2D eigenvalue weighted by atomic mass is 9.95. The zero-order valence-electron chi connectivity index (χ0n) is 14.8. The fourth-order valence-corrected chi connectivity index (χ4v) is 4.33. The molecule has 136 valence electrons. The van der Waals surface area contributed by atoms with Gasteiger partial charge < -0.3 is 0 Å². The van der Waals surface area contributed by atoms with Crippen molar-refractivity contribution in [1.29, 1.82) is 0 Å². The number of allylic oxidation sites excluding steroid dienone is 1. The summed E-state index contributed by atoms with van der Waals surface area (Å²) in [4.78, 5) is 12.8. The van der Waals surface area contributed by atoms with Gasteiger partial charge in [-0.3, -0.25) is 4.79 Å². The van der Waals surface area contributed by atoms with Crippen molar-refractivity contribution < 1.29 is 13.2 Å². The number of Topliss-reactive ketones (excluding diaryl/α,β-unsaturated/α-hetero) is 1. The van der Waals surface area contributed by atoms with Gasteiger partial charge in [0.05, 0.1) is 10.9 Å². The summed E-state index contributed by atoms with van der Waals surface area (Å²) in [5.41, 5.74) is 2.30. The van der Waals surface area contributed by atoms with E-state index in [2.05, 4.69) is 4.72 Å². The number of carbonyl (C=O) groups excluding carboxylic acids is 1. The normalized spacial score (nSPS) is 16.7. The van der Waals surface area contributed by atoms with Crippen molar-refractivity contribution in [3.8, 4) is 0 Å². The summed E-state index contributed by atoms with van der Waals surface area (Å²) < 4.78 is 28.6. The van der Waals surface area contributed by atoms with Crippen molar-refractivity contribution in [3.63, 3.8) is 0 Å². The Balaban J connectivity index is 2.00. The first-order valence-electron chi connectivity index (χ1n) is 8.84. The van der Waals surface area contributed by atoms with E-state index in [-0.39, 0.29) is 10.7 Å². The monoisotopic (exact) mass is 369 g/mol. The predicted octanol–water partition coefficient (Wildman–Crippen LogP) is 4.08. The number of benzene rings is 2. The Morgan fingerprint density at radius 3 is 2.35 bits per heavy atom. The molecule has 4 nitrogen and oxygen atoms in total. The number of aryl methyl sites for hydroxylation is 1. The van der Waals surface area contributed by atoms with E-state index in [0.29, 0.717) is 12.0 Å². The molecule has 0 saturated carbocycles. The molecule has 26 heavy (non-hydrogen) atoms. The van der Waals surface area contributed by atoms with Crippen molar-refractivity contribution >= 4 is 15.8 Å². The average molecular weight is 369 g/mol. The molecule has 5 heteroatoms. The Hall–Kier alpha value is -2.24. The van der Waals surface area contributed by atoms with Gasteiger partial charge in [-0.2, -0.15) is 4.72 Å². The van der Waals surface area contributed by atoms with Gasteiger partial charge in [0.15, 0.2) is 5.78 Å². The highest BCUT2D eigenvalue weighted by atomic mass is 32.2. The van der Waals surface area contributed by atoms with Gasteiger partial charge in [-0.1, -0.05) is 54.1 Å². The third kappa shape index (κ3) is 4.29. The summed E-state index contributed by atoms with van der Waals surface area (Å²) in [6, 6.07) is 15.3. The number of nitrogens with one attached hydrogen (secondary N) is 1. The molecule has 2 aromatic rings. The molecule has 1 atom stereocenters. The van der Waals surface area contributed by atoms with E-state index in [9.17, 15) is 13.2 Å². The quantitative estimate of drug-likeness (QED) is 0.864. The predicted molar refractivity (Wildman–Crippen MR) is 102 cm³/mol. The number of ketones is 1. The maximum atomic E-state index is 12.9. The molecule has 0 heterocycles. The average Bonchev–Trinajstić information content (AvgIpc) is 2.85. The summed E-state index contributed by atoms with van der Waals surface area (Å²) in [7, 11) is -3.75. The van der Waals surface area contributed by atoms with E-state index in [1.807, 2.05) is 43.3 Å². The molecular formula is C21H23NO3S. The summed E-state index contributed by atoms with van der Waals surface area (Å²) in [5.74, 6) is 0.0166. The first-order valence-corrected chi connectivity index (χ1v) is 10.3. The van der Waals surface area contributed by atoms with Crippen LogP contribution in [0.15, 0.2) is 71.1 Å². The number of rotatable bonds is 5. The molecule has 0 bridgehead atoms. The van der Waals surface area contributed by atoms with Crippen LogP contribution in [0.2, 0.25) is 0 Å². The Labute approximate surface area is 155 Å². The molecule has 0 aromatic heterocycles. The van der Waals surface area contributed by atoms with Crippen molar-refractivity contribution in [2.45, 2.75) is 43.5 Å². The smallest absolute Gasteiger partial charge is 0.241 e. The number of hydrogen-bond donors (Lipinski definition) is 1. The van der Waals surface area contributed by atoms with Crippen molar-refractivity contribution in [2.24, 2.45) is 0 Å². The van der Waals surface area contributed by atoms with E-state index in [1.54, 1.807) is 24.3 Å². The molecular weight excluding hydrogens is 346 g/mol. The molecule has 1 N–H and O–H groups in total. The summed E-state index contributed by atoms with van der Waals surface area (Å²) >= 11 is 0. The van der Waals surface area contributed by atoms with Crippen molar-refractivity contribution in [2.75, 3.05) is 0 Å². The fraction of sp³-hybridized carbons (Fsp3) is 0.286. The number of carbonyl (C=O) groups is 1. The van der Waals surface area contributed by atoms with E-state index < -0.39 is 16.1 Å². The van der Waals surface area contributed by atoms with Crippen LogP contribution in [0.25, 0.3) is 0 Å². The molecule has 0 amide bonds. The molecule has 0 saturated heterocycles. The molecule has 0 radical (unpaired) electrons. The van der Waals surface area contributed by atoms with Crippen LogP contribution in [0.5, 0.6) is 0 Å². The van der Waals surface area contributed by atoms with Crippen LogP contribution >= 0.6 is 0 Å². The van der Waals surface area contributed by atoms with Gasteiger partial charge in [0.2, 0.25) is 10.0 Å². The molecule has 2 aromatic carbocycles. The Kier molecular flexibility index (Phi) is 5.69. The SMILES string of the molecule is Cc1ccc(S(=O)(=O)NC(C2=CCCCCC2=O)c2ccccc2)cc1. The van der Waals surface area contributed by atoms with Gasteiger partial charge in [-0.05, 0) is 43.9 Å². The third-order valence-corrected chi connectivity index (χ3v) is 6.03. The van der Waals surface area contributed by atoms with E-state index in [0.717, 1.165) is 30.4 Å². The second-order valence-electron chi connectivity index (χ2n) is 6.61. The maximum Gasteiger partial charge on any atom is 0.241 e. The van der Waals surface area contributed by atoms with Crippen LogP contribution in [-0.2, 0) is 14.8 Å². The van der Waals surface area contributed by atoms with Gasteiger partial charge in [0, 0.05) is 12.0 Å². The van der Waals surface area contributed by atoms with Crippen LogP contribution in [0, 0.1) is 6.92 Å². The molecule has 0 fully saturated rings. The lowest BCUT2D eigenvalue weighted by molar-refractivity contribution is -0.115. The van der Waals surface area contributed by atoms with Crippen LogP contribution in [0.1, 0.15) is 42.9 Å². The van der Waals surface area contributed by atoms with E-state index in [1.165, 1.54) is 0 Å². The zero-order chi connectivity index (χ0) is 18.6. The number of sulfonamides is 1. The Morgan fingerprint density at radius 2 is 1.65 bits per heavy atom. The second-order valence-corrected chi connectivity index (χ2v) is 8.32. The largest absolute Gasteiger partial charge is 0.294 e. The van der Waals surface area contributed by atoms with Crippen LogP contribution in [-0.4, -0.2) is 14.2 Å². The van der Waals surface area contributed by atoms with Gasteiger partial charge in [-0.25, -0.2) is 8.42 Å². The van der Waals surface area contributed by atoms with Gasteiger partial charge in [0.25, 0.3) is 0 Å². The minimum absolute atomic E-state index is 0.0166.